The quantitative estimate of drug-likeness (QED) is 0.821. The molecule has 0 radical (unpaired) electrons. The molecule has 18 heavy (non-hydrogen) atoms. The number of rotatable bonds is 2. The molecular weight excluding hydrogens is 228 g/mol. The number of piperidine rings is 1. The molecule has 0 aliphatic carbocycles. The molecule has 1 aromatic heterocycles. The van der Waals surface area contributed by atoms with Gasteiger partial charge in [-0.05, 0) is 37.8 Å². The molecule has 1 aromatic rings. The summed E-state index contributed by atoms with van der Waals surface area (Å²) < 4.78 is 0. The van der Waals surface area contributed by atoms with E-state index in [4.69, 9.17) is 5.73 Å². The van der Waals surface area contributed by atoms with Crippen molar-refractivity contribution >= 4 is 17.4 Å². The molecule has 5 heteroatoms. The van der Waals surface area contributed by atoms with E-state index in [0.29, 0.717) is 5.69 Å². The maximum atomic E-state index is 11.9. The van der Waals surface area contributed by atoms with Crippen LogP contribution < -0.4 is 16.0 Å². The number of carbonyl (C=O) groups is 1. The van der Waals surface area contributed by atoms with Crippen LogP contribution in [0, 0.1) is 6.92 Å². The summed E-state index contributed by atoms with van der Waals surface area (Å²) in [6.45, 7) is 2.79. The molecule has 0 bridgehead atoms. The van der Waals surface area contributed by atoms with E-state index in [-0.39, 0.29) is 11.9 Å². The summed E-state index contributed by atoms with van der Waals surface area (Å²) in [4.78, 5) is 18.3. The summed E-state index contributed by atoms with van der Waals surface area (Å²) >= 11 is 0. The molecule has 2 rings (SSSR count). The van der Waals surface area contributed by atoms with E-state index in [1.807, 2.05) is 17.9 Å². The molecule has 0 saturated carbocycles. The predicted molar refractivity (Wildman–Crippen MR) is 72.4 cm³/mol. The van der Waals surface area contributed by atoms with Crippen LogP contribution >= 0.6 is 0 Å². The fourth-order valence-electron chi connectivity index (χ4n) is 2.41. The number of carbonyl (C=O) groups excluding carboxylic acids is 1. The Bertz CT molecular complexity index is 447. The van der Waals surface area contributed by atoms with Crippen molar-refractivity contribution in [1.29, 1.82) is 0 Å². The Labute approximate surface area is 107 Å². The van der Waals surface area contributed by atoms with Gasteiger partial charge in [0, 0.05) is 19.8 Å². The van der Waals surface area contributed by atoms with Crippen molar-refractivity contribution in [3.05, 3.63) is 17.8 Å². The molecule has 0 spiro atoms. The van der Waals surface area contributed by atoms with E-state index in [2.05, 4.69) is 10.3 Å². The second-order valence-electron chi connectivity index (χ2n) is 4.68. The maximum Gasteiger partial charge on any atom is 0.242 e. The third kappa shape index (κ3) is 2.25. The van der Waals surface area contributed by atoms with Crippen LogP contribution in [0.2, 0.25) is 0 Å². The number of aryl methyl sites for hydroxylation is 1. The van der Waals surface area contributed by atoms with Gasteiger partial charge >= 0.3 is 0 Å². The van der Waals surface area contributed by atoms with Crippen LogP contribution in [0.1, 0.15) is 24.8 Å². The Morgan fingerprint density at radius 2 is 2.33 bits per heavy atom. The number of nitrogens with two attached hydrogens (primary N) is 1. The van der Waals surface area contributed by atoms with Gasteiger partial charge in [0.1, 0.15) is 6.04 Å². The lowest BCUT2D eigenvalue weighted by atomic mass is 10.0. The number of nitrogen functional groups attached to an aromatic ring is 1. The average molecular weight is 248 g/mol. The summed E-state index contributed by atoms with van der Waals surface area (Å²) in [7, 11) is 1.67. The highest BCUT2D eigenvalue weighted by molar-refractivity contribution is 5.86. The zero-order chi connectivity index (χ0) is 13.1. The second-order valence-corrected chi connectivity index (χ2v) is 4.68. The Kier molecular flexibility index (Phi) is 3.69. The van der Waals surface area contributed by atoms with Gasteiger partial charge in [0.05, 0.1) is 5.69 Å². The number of nitrogens with zero attached hydrogens (tertiary/aromatic N) is 2. The standard InChI is InChI=1S/C13H20N4O/c1-9-6-7-16-12(11(9)14)17-8-4-3-5-10(17)13(18)15-2/h6-7,10H,3-5,8,14H2,1-2H3,(H,15,18). The lowest BCUT2D eigenvalue weighted by Gasteiger charge is -2.36. The Hall–Kier alpha value is -1.78. The number of nitrogens with one attached hydrogen (secondary N) is 1. The minimum absolute atomic E-state index is 0.0393. The number of aromatic nitrogens is 1. The van der Waals surface area contributed by atoms with Crippen molar-refractivity contribution < 1.29 is 4.79 Å². The number of hydrogen-bond donors (Lipinski definition) is 2. The zero-order valence-corrected chi connectivity index (χ0v) is 10.9. The van der Waals surface area contributed by atoms with Gasteiger partial charge in [-0.3, -0.25) is 4.79 Å². The van der Waals surface area contributed by atoms with Crippen LogP contribution in [0.25, 0.3) is 0 Å². The van der Waals surface area contributed by atoms with Crippen LogP contribution in [0.15, 0.2) is 12.3 Å². The minimum Gasteiger partial charge on any atom is -0.396 e. The third-order valence-corrected chi connectivity index (χ3v) is 3.51. The number of anilines is 2. The highest BCUT2D eigenvalue weighted by Gasteiger charge is 2.30. The van der Waals surface area contributed by atoms with E-state index in [0.717, 1.165) is 37.2 Å². The van der Waals surface area contributed by atoms with E-state index >= 15 is 0 Å². The molecule has 0 aromatic carbocycles. The van der Waals surface area contributed by atoms with Crippen molar-refractivity contribution in [2.24, 2.45) is 0 Å². The molecule has 2 heterocycles. The molecule has 1 aliphatic heterocycles. The highest BCUT2D eigenvalue weighted by Crippen LogP contribution is 2.29. The SMILES string of the molecule is CNC(=O)C1CCCCN1c1nccc(C)c1N. The monoisotopic (exact) mass is 248 g/mol. The summed E-state index contributed by atoms with van der Waals surface area (Å²) in [5, 5.41) is 2.72. The van der Waals surface area contributed by atoms with Gasteiger partial charge < -0.3 is 16.0 Å². The van der Waals surface area contributed by atoms with Crippen LogP contribution in [-0.2, 0) is 4.79 Å². The van der Waals surface area contributed by atoms with Gasteiger partial charge in [-0.2, -0.15) is 0 Å². The predicted octanol–water partition coefficient (Wildman–Crippen LogP) is 1.08. The van der Waals surface area contributed by atoms with Crippen LogP contribution in [-0.4, -0.2) is 30.5 Å². The summed E-state index contributed by atoms with van der Waals surface area (Å²) in [6, 6.07) is 1.73. The summed E-state index contributed by atoms with van der Waals surface area (Å²) in [5.41, 5.74) is 7.76. The molecule has 5 nitrogen and oxygen atoms in total. The van der Waals surface area contributed by atoms with Gasteiger partial charge in [-0.1, -0.05) is 0 Å². The van der Waals surface area contributed by atoms with E-state index < -0.39 is 0 Å². The van der Waals surface area contributed by atoms with Crippen molar-refractivity contribution in [3.63, 3.8) is 0 Å². The van der Waals surface area contributed by atoms with Crippen LogP contribution in [0.4, 0.5) is 11.5 Å². The molecule has 98 valence electrons. The average Bonchev–Trinajstić information content (AvgIpc) is 2.41. The lowest BCUT2D eigenvalue weighted by Crippen LogP contribution is -2.49. The van der Waals surface area contributed by atoms with Crippen molar-refractivity contribution in [2.75, 3.05) is 24.2 Å². The molecule has 1 aliphatic rings. The van der Waals surface area contributed by atoms with Gasteiger partial charge in [-0.15, -0.1) is 0 Å². The first kappa shape index (κ1) is 12.7. The van der Waals surface area contributed by atoms with E-state index in [1.54, 1.807) is 13.2 Å². The zero-order valence-electron chi connectivity index (χ0n) is 10.9. The number of amides is 1. The molecule has 1 fully saturated rings. The number of pyridine rings is 1. The van der Waals surface area contributed by atoms with Crippen LogP contribution in [0.3, 0.4) is 0 Å². The molecule has 1 amide bonds. The molecule has 1 atom stereocenters. The van der Waals surface area contributed by atoms with Crippen molar-refractivity contribution in [2.45, 2.75) is 32.2 Å². The molecular formula is C13H20N4O. The van der Waals surface area contributed by atoms with E-state index in [9.17, 15) is 4.79 Å². The topological polar surface area (TPSA) is 71.2 Å². The number of likely N-dealkylation sites (N-methyl/N-ethyl adjacent to an activating group) is 1. The number of hydrogen-bond acceptors (Lipinski definition) is 4. The first-order chi connectivity index (χ1) is 8.65. The first-order valence-corrected chi connectivity index (χ1v) is 6.34. The summed E-state index contributed by atoms with van der Waals surface area (Å²) in [5.74, 6) is 0.778. The fraction of sp³-hybridized carbons (Fsp3) is 0.538. The Balaban J connectivity index is 2.34. The minimum atomic E-state index is -0.152. The van der Waals surface area contributed by atoms with Crippen LogP contribution in [0.5, 0.6) is 0 Å². The van der Waals surface area contributed by atoms with Crippen molar-refractivity contribution in [3.8, 4) is 0 Å². The molecule has 1 saturated heterocycles. The fourth-order valence-corrected chi connectivity index (χ4v) is 2.41. The smallest absolute Gasteiger partial charge is 0.242 e. The normalized spacial score (nSPS) is 19.7. The maximum absolute atomic E-state index is 11.9. The lowest BCUT2D eigenvalue weighted by molar-refractivity contribution is -0.122. The first-order valence-electron chi connectivity index (χ1n) is 6.34. The second kappa shape index (κ2) is 5.25. The van der Waals surface area contributed by atoms with Gasteiger partial charge in [0.25, 0.3) is 0 Å². The highest BCUT2D eigenvalue weighted by atomic mass is 16.2. The van der Waals surface area contributed by atoms with Gasteiger partial charge in [0.15, 0.2) is 5.82 Å². The Morgan fingerprint density at radius 1 is 1.56 bits per heavy atom. The van der Waals surface area contributed by atoms with Gasteiger partial charge in [0.2, 0.25) is 5.91 Å². The summed E-state index contributed by atoms with van der Waals surface area (Å²) in [6.07, 6.45) is 4.74. The van der Waals surface area contributed by atoms with Crippen molar-refractivity contribution in [1.82, 2.24) is 10.3 Å². The Morgan fingerprint density at radius 3 is 3.06 bits per heavy atom. The third-order valence-electron chi connectivity index (χ3n) is 3.51. The molecule has 3 N–H and O–H groups in total. The van der Waals surface area contributed by atoms with Gasteiger partial charge in [-0.25, -0.2) is 4.98 Å². The van der Waals surface area contributed by atoms with E-state index in [1.165, 1.54) is 0 Å². The largest absolute Gasteiger partial charge is 0.396 e. The molecule has 1 unspecified atom stereocenters.